The van der Waals surface area contributed by atoms with Crippen molar-refractivity contribution in [2.75, 3.05) is 64.3 Å². The summed E-state index contributed by atoms with van der Waals surface area (Å²) in [6.45, 7) is 13.6. The van der Waals surface area contributed by atoms with Crippen molar-refractivity contribution in [3.05, 3.63) is 23.9 Å². The van der Waals surface area contributed by atoms with Gasteiger partial charge in [-0.3, -0.25) is 0 Å². The Morgan fingerprint density at radius 3 is 2.71 bits per heavy atom. The largest absolute Gasteiger partial charge is 0.357 e. The Morgan fingerprint density at radius 1 is 1.16 bits per heavy atom. The Hall–Kier alpha value is -1.13. The van der Waals surface area contributed by atoms with Gasteiger partial charge in [-0.05, 0) is 52.8 Å². The Bertz CT molecular complexity index is 661. The molecule has 3 rings (SSSR count). The molecule has 0 amide bonds. The summed E-state index contributed by atoms with van der Waals surface area (Å²) in [4.78, 5) is 16.9. The van der Waals surface area contributed by atoms with Gasteiger partial charge in [-0.25, -0.2) is 9.98 Å². The van der Waals surface area contributed by atoms with E-state index >= 15 is 0 Å². The molecule has 0 aromatic carbocycles. The van der Waals surface area contributed by atoms with Crippen LogP contribution in [-0.4, -0.2) is 86.2 Å². The number of hydrogen-bond acceptors (Lipinski definition) is 5. The third kappa shape index (κ3) is 8.38. The third-order valence-electron chi connectivity index (χ3n) is 6.28. The van der Waals surface area contributed by atoms with Crippen LogP contribution in [0.3, 0.4) is 0 Å². The Kier molecular flexibility index (Phi) is 11.9. The highest BCUT2D eigenvalue weighted by atomic mass is 127. The second-order valence-electron chi connectivity index (χ2n) is 8.63. The molecule has 0 radical (unpaired) electrons. The fourth-order valence-corrected chi connectivity index (χ4v) is 4.34. The van der Waals surface area contributed by atoms with Crippen molar-refractivity contribution >= 4 is 35.8 Å². The number of aliphatic imine (C=N–C) groups is 1. The first-order valence-corrected chi connectivity index (χ1v) is 11.8. The smallest absolute Gasteiger partial charge is 0.191 e. The highest BCUT2D eigenvalue weighted by Gasteiger charge is 2.18. The van der Waals surface area contributed by atoms with Gasteiger partial charge < -0.3 is 25.3 Å². The summed E-state index contributed by atoms with van der Waals surface area (Å²) < 4.78 is 0. The highest BCUT2D eigenvalue weighted by molar-refractivity contribution is 14.0. The van der Waals surface area contributed by atoms with E-state index in [1.54, 1.807) is 0 Å². The van der Waals surface area contributed by atoms with Crippen molar-refractivity contribution in [2.24, 2.45) is 4.99 Å². The predicted molar refractivity (Wildman–Crippen MR) is 142 cm³/mol. The first-order chi connectivity index (χ1) is 14.7. The number of nitrogens with one attached hydrogen (secondary N) is 2. The van der Waals surface area contributed by atoms with E-state index in [0.717, 1.165) is 63.5 Å². The second kappa shape index (κ2) is 14.1. The first kappa shape index (κ1) is 26.1. The molecule has 0 saturated carbocycles. The lowest BCUT2D eigenvalue weighted by molar-refractivity contribution is 0.159. The molecule has 2 fully saturated rings. The van der Waals surface area contributed by atoms with Gasteiger partial charge in [0.2, 0.25) is 0 Å². The lowest BCUT2D eigenvalue weighted by atomic mass is 10.0. The molecule has 2 N–H and O–H groups in total. The summed E-state index contributed by atoms with van der Waals surface area (Å²) in [6, 6.07) is 4.91. The highest BCUT2D eigenvalue weighted by Crippen LogP contribution is 2.19. The minimum Gasteiger partial charge on any atom is -0.357 e. The lowest BCUT2D eigenvalue weighted by Gasteiger charge is -2.34. The first-order valence-electron chi connectivity index (χ1n) is 11.8. The number of piperidine rings is 1. The maximum Gasteiger partial charge on any atom is 0.191 e. The van der Waals surface area contributed by atoms with Crippen LogP contribution in [-0.2, 0) is 6.54 Å². The number of pyridine rings is 1. The van der Waals surface area contributed by atoms with Crippen LogP contribution in [0.2, 0.25) is 0 Å². The van der Waals surface area contributed by atoms with Crippen molar-refractivity contribution in [3.63, 3.8) is 0 Å². The molecule has 0 spiro atoms. The van der Waals surface area contributed by atoms with Crippen LogP contribution in [0.15, 0.2) is 23.3 Å². The fraction of sp³-hybridized carbons (Fsp3) is 0.739. The second-order valence-corrected chi connectivity index (χ2v) is 8.63. The number of aromatic nitrogens is 1. The number of likely N-dealkylation sites (N-methyl/N-ethyl adjacent to an activating group) is 1. The van der Waals surface area contributed by atoms with Gasteiger partial charge in [0.25, 0.3) is 0 Å². The van der Waals surface area contributed by atoms with Gasteiger partial charge in [-0.2, -0.15) is 0 Å². The number of likely N-dealkylation sites (tertiary alicyclic amines) is 1. The molecule has 1 aromatic rings. The quantitative estimate of drug-likeness (QED) is 0.228. The summed E-state index contributed by atoms with van der Waals surface area (Å²) in [5.74, 6) is 1.99. The van der Waals surface area contributed by atoms with Gasteiger partial charge in [0.15, 0.2) is 5.96 Å². The van der Waals surface area contributed by atoms with E-state index < -0.39 is 0 Å². The molecule has 2 aliphatic rings. The molecular formula is C23H42IN7. The number of anilines is 1. The van der Waals surface area contributed by atoms with Crippen LogP contribution < -0.4 is 15.5 Å². The Morgan fingerprint density at radius 2 is 1.97 bits per heavy atom. The minimum atomic E-state index is 0. The minimum absolute atomic E-state index is 0. The van der Waals surface area contributed by atoms with Gasteiger partial charge in [0, 0.05) is 63.6 Å². The average molecular weight is 544 g/mol. The number of guanidine groups is 1. The van der Waals surface area contributed by atoms with Crippen molar-refractivity contribution in [3.8, 4) is 0 Å². The summed E-state index contributed by atoms with van der Waals surface area (Å²) in [7, 11) is 2.18. The molecule has 0 bridgehead atoms. The summed E-state index contributed by atoms with van der Waals surface area (Å²) in [5, 5.41) is 6.91. The van der Waals surface area contributed by atoms with Gasteiger partial charge in [-0.1, -0.05) is 12.5 Å². The van der Waals surface area contributed by atoms with Crippen molar-refractivity contribution < 1.29 is 0 Å². The molecular weight excluding hydrogens is 501 g/mol. The van der Waals surface area contributed by atoms with Gasteiger partial charge in [0.1, 0.15) is 5.82 Å². The van der Waals surface area contributed by atoms with E-state index in [2.05, 4.69) is 57.3 Å². The Balaban J connectivity index is 0.00000341. The maximum absolute atomic E-state index is 4.86. The number of rotatable bonds is 8. The van der Waals surface area contributed by atoms with E-state index in [9.17, 15) is 0 Å². The fourth-order valence-electron chi connectivity index (χ4n) is 4.34. The number of hydrogen-bond donors (Lipinski definition) is 2. The van der Waals surface area contributed by atoms with E-state index in [0.29, 0.717) is 6.54 Å². The molecule has 1 unspecified atom stereocenters. The zero-order valence-electron chi connectivity index (χ0n) is 19.6. The van der Waals surface area contributed by atoms with Gasteiger partial charge >= 0.3 is 0 Å². The molecule has 3 heterocycles. The van der Waals surface area contributed by atoms with Crippen molar-refractivity contribution in [1.82, 2.24) is 25.4 Å². The van der Waals surface area contributed by atoms with Gasteiger partial charge in [-0.15, -0.1) is 24.0 Å². The normalized spacial score (nSPS) is 20.9. The zero-order chi connectivity index (χ0) is 21.2. The topological polar surface area (TPSA) is 59.0 Å². The molecule has 2 aliphatic heterocycles. The molecule has 176 valence electrons. The molecule has 8 heteroatoms. The van der Waals surface area contributed by atoms with E-state index in [4.69, 9.17) is 4.99 Å². The number of nitrogens with zero attached hydrogens (tertiary/aromatic N) is 5. The monoisotopic (exact) mass is 543 g/mol. The van der Waals surface area contributed by atoms with Crippen molar-refractivity contribution in [1.29, 1.82) is 0 Å². The molecule has 7 nitrogen and oxygen atoms in total. The van der Waals surface area contributed by atoms with Crippen LogP contribution in [0, 0.1) is 0 Å². The average Bonchev–Trinajstić information content (AvgIpc) is 2.77. The van der Waals surface area contributed by atoms with E-state index in [1.165, 1.54) is 37.9 Å². The van der Waals surface area contributed by atoms with Crippen molar-refractivity contribution in [2.45, 2.75) is 52.1 Å². The van der Waals surface area contributed by atoms with Crippen LogP contribution >= 0.6 is 24.0 Å². The number of piperazine rings is 1. The zero-order valence-corrected chi connectivity index (χ0v) is 22.0. The summed E-state index contributed by atoms with van der Waals surface area (Å²) >= 11 is 0. The Labute approximate surface area is 206 Å². The van der Waals surface area contributed by atoms with E-state index in [-0.39, 0.29) is 24.0 Å². The summed E-state index contributed by atoms with van der Waals surface area (Å²) in [6.07, 6.45) is 7.12. The predicted octanol–water partition coefficient (Wildman–Crippen LogP) is 2.77. The number of halogens is 1. The molecule has 1 atom stereocenters. The van der Waals surface area contributed by atoms with Crippen LogP contribution in [0.25, 0.3) is 0 Å². The van der Waals surface area contributed by atoms with Crippen LogP contribution in [0.5, 0.6) is 0 Å². The molecule has 1 aromatic heterocycles. The molecule has 2 saturated heterocycles. The third-order valence-corrected chi connectivity index (χ3v) is 6.28. The summed E-state index contributed by atoms with van der Waals surface area (Å²) in [5.41, 5.74) is 1.20. The molecule has 0 aliphatic carbocycles. The van der Waals surface area contributed by atoms with Crippen LogP contribution in [0.1, 0.15) is 45.1 Å². The van der Waals surface area contributed by atoms with Gasteiger partial charge in [0.05, 0.1) is 6.54 Å². The van der Waals surface area contributed by atoms with Crippen LogP contribution in [0.4, 0.5) is 5.82 Å². The molecule has 31 heavy (non-hydrogen) atoms. The lowest BCUT2D eigenvalue weighted by Crippen LogP contribution is -2.45. The SMILES string of the molecule is CCNC(=NCc1cccnc1N1CCN(C)CC1)NCCCN1CCCCC1C.I. The standard InChI is InChI=1S/C23H41N7.HI/c1-4-24-23(26-12-8-14-29-13-6-5-9-20(29)2)27-19-21-10-7-11-25-22(21)30-17-15-28(3)16-18-30;/h7,10-11,20H,4-6,8-9,12-19H2,1-3H3,(H2,24,26,27);1H. The van der Waals surface area contributed by atoms with E-state index in [1.807, 2.05) is 12.3 Å². The maximum atomic E-state index is 4.86.